The van der Waals surface area contributed by atoms with Crippen molar-refractivity contribution in [1.82, 2.24) is 10.3 Å². The van der Waals surface area contributed by atoms with Gasteiger partial charge in [0.2, 0.25) is 11.8 Å². The van der Waals surface area contributed by atoms with Crippen LogP contribution in [0.2, 0.25) is 0 Å². The van der Waals surface area contributed by atoms with Crippen molar-refractivity contribution in [1.29, 1.82) is 0 Å². The molecule has 11 heteroatoms. The normalized spacial score (nSPS) is 15.0. The van der Waals surface area contributed by atoms with E-state index >= 15 is 0 Å². The zero-order valence-electron chi connectivity index (χ0n) is 23.2. The van der Waals surface area contributed by atoms with Crippen LogP contribution in [0.4, 0.5) is 25.7 Å². The number of para-hydroxylation sites is 1. The summed E-state index contributed by atoms with van der Waals surface area (Å²) in [6.07, 6.45) is 2.36. The Labute approximate surface area is 247 Å². The molecule has 0 radical (unpaired) electrons. The Morgan fingerprint density at radius 2 is 1.86 bits per heavy atom. The molecule has 0 aliphatic carbocycles. The molecular formula is C31H31FN6O3S. The van der Waals surface area contributed by atoms with Crippen molar-refractivity contribution in [2.45, 2.75) is 44.8 Å². The van der Waals surface area contributed by atoms with Crippen molar-refractivity contribution in [3.05, 3.63) is 95.3 Å². The molecular weight excluding hydrogens is 555 g/mol. The zero-order chi connectivity index (χ0) is 29.9. The number of carbonyl (C=O) groups excluding carboxylic acids is 3. The number of benzene rings is 3. The first kappa shape index (κ1) is 28.9. The Morgan fingerprint density at radius 3 is 2.57 bits per heavy atom. The summed E-state index contributed by atoms with van der Waals surface area (Å²) in [6, 6.07) is 18.2. The number of rotatable bonds is 7. The number of nitrogens with zero attached hydrogens (tertiary/aromatic N) is 2. The number of thiazole rings is 1. The minimum absolute atomic E-state index is 0.215. The van der Waals surface area contributed by atoms with Gasteiger partial charge in [-0.15, -0.1) is 11.3 Å². The van der Waals surface area contributed by atoms with E-state index in [0.29, 0.717) is 34.9 Å². The lowest BCUT2D eigenvalue weighted by molar-refractivity contribution is -0.130. The molecule has 9 nitrogen and oxygen atoms in total. The maximum Gasteiger partial charge on any atom is 0.325 e. The molecule has 0 spiro atoms. The number of aromatic nitrogens is 1. The molecule has 0 fully saturated rings. The average Bonchev–Trinajstić information content (AvgIpc) is 3.43. The summed E-state index contributed by atoms with van der Waals surface area (Å²) >= 11 is 1.32. The van der Waals surface area contributed by atoms with E-state index in [9.17, 15) is 18.8 Å². The van der Waals surface area contributed by atoms with Gasteiger partial charge in [0.25, 0.3) is 0 Å². The van der Waals surface area contributed by atoms with E-state index in [1.165, 1.54) is 23.5 Å². The number of nitrogens with one attached hydrogen (secondary N) is 3. The summed E-state index contributed by atoms with van der Waals surface area (Å²) < 4.78 is 14.1. The monoisotopic (exact) mass is 586 g/mol. The third kappa shape index (κ3) is 6.64. The number of urea groups is 1. The van der Waals surface area contributed by atoms with Crippen LogP contribution in [0, 0.1) is 5.82 Å². The molecule has 0 saturated heterocycles. The summed E-state index contributed by atoms with van der Waals surface area (Å²) in [4.78, 5) is 44.5. The highest BCUT2D eigenvalue weighted by atomic mass is 32.1. The number of hydrogen-bond acceptors (Lipinski definition) is 6. The summed E-state index contributed by atoms with van der Waals surface area (Å²) in [5, 5.41) is 10.6. The van der Waals surface area contributed by atoms with Crippen LogP contribution in [-0.4, -0.2) is 34.4 Å². The van der Waals surface area contributed by atoms with Gasteiger partial charge in [0.15, 0.2) is 5.13 Å². The lowest BCUT2D eigenvalue weighted by atomic mass is 10.0. The first-order valence-electron chi connectivity index (χ1n) is 13.4. The molecule has 0 unspecified atom stereocenters. The molecule has 1 aliphatic heterocycles. The van der Waals surface area contributed by atoms with Crippen LogP contribution in [0.1, 0.15) is 31.4 Å². The molecule has 4 amide bonds. The fraction of sp³-hybridized carbons (Fsp3) is 0.226. The summed E-state index contributed by atoms with van der Waals surface area (Å²) in [5.41, 5.74) is 9.24. The van der Waals surface area contributed by atoms with E-state index in [4.69, 9.17) is 5.73 Å². The lowest BCUT2D eigenvalue weighted by Gasteiger charge is -2.28. The molecule has 42 heavy (non-hydrogen) atoms. The average molecular weight is 587 g/mol. The predicted molar refractivity (Wildman–Crippen MR) is 163 cm³/mol. The number of carbonyl (C=O) groups is 3. The molecule has 2 heterocycles. The van der Waals surface area contributed by atoms with Crippen molar-refractivity contribution < 1.29 is 18.8 Å². The second-order valence-corrected chi connectivity index (χ2v) is 11.5. The van der Waals surface area contributed by atoms with E-state index < -0.39 is 23.5 Å². The molecule has 5 N–H and O–H groups in total. The Morgan fingerprint density at radius 1 is 1.10 bits per heavy atom. The van der Waals surface area contributed by atoms with E-state index in [-0.39, 0.29) is 18.3 Å². The second-order valence-electron chi connectivity index (χ2n) is 10.6. The van der Waals surface area contributed by atoms with Gasteiger partial charge < -0.3 is 21.3 Å². The Hall–Kier alpha value is -4.61. The maximum atomic E-state index is 14.1. The Kier molecular flexibility index (Phi) is 8.32. The number of hydrogen-bond donors (Lipinski definition) is 4. The van der Waals surface area contributed by atoms with Crippen LogP contribution < -0.4 is 26.6 Å². The SMILES string of the molecule is CC(C)(N)C(=O)N[C@@H]1CCc2cc(F)ccc2N(Cc2ccc(-c3ccccc3NC(=O)Nc3nccs3)cc2)C1=O. The van der Waals surface area contributed by atoms with Gasteiger partial charge in [0.1, 0.15) is 11.9 Å². The largest absolute Gasteiger partial charge is 0.343 e. The van der Waals surface area contributed by atoms with Crippen molar-refractivity contribution in [3.63, 3.8) is 0 Å². The number of amides is 4. The van der Waals surface area contributed by atoms with Gasteiger partial charge in [0, 0.05) is 22.8 Å². The fourth-order valence-electron chi connectivity index (χ4n) is 4.74. The van der Waals surface area contributed by atoms with Crippen LogP contribution in [0.15, 0.2) is 78.3 Å². The summed E-state index contributed by atoms with van der Waals surface area (Å²) in [5.74, 6) is -1.11. The summed E-state index contributed by atoms with van der Waals surface area (Å²) in [7, 11) is 0. The molecule has 1 atom stereocenters. The minimum Gasteiger partial charge on any atom is -0.343 e. The highest BCUT2D eigenvalue weighted by Crippen LogP contribution is 2.32. The number of anilines is 3. The van der Waals surface area contributed by atoms with Crippen LogP contribution in [0.25, 0.3) is 11.1 Å². The van der Waals surface area contributed by atoms with E-state index in [2.05, 4.69) is 20.9 Å². The topological polar surface area (TPSA) is 129 Å². The van der Waals surface area contributed by atoms with Crippen LogP contribution in [-0.2, 0) is 22.6 Å². The third-order valence-electron chi connectivity index (χ3n) is 6.92. The van der Waals surface area contributed by atoms with Gasteiger partial charge in [-0.3, -0.25) is 14.9 Å². The fourth-order valence-corrected chi connectivity index (χ4v) is 5.26. The highest BCUT2D eigenvalue weighted by molar-refractivity contribution is 7.13. The van der Waals surface area contributed by atoms with Gasteiger partial charge >= 0.3 is 6.03 Å². The van der Waals surface area contributed by atoms with Crippen LogP contribution >= 0.6 is 11.3 Å². The van der Waals surface area contributed by atoms with E-state index in [1.807, 2.05) is 48.5 Å². The van der Waals surface area contributed by atoms with Gasteiger partial charge in [-0.1, -0.05) is 42.5 Å². The van der Waals surface area contributed by atoms with Gasteiger partial charge in [0.05, 0.1) is 17.8 Å². The molecule has 4 aromatic rings. The highest BCUT2D eigenvalue weighted by Gasteiger charge is 2.34. The van der Waals surface area contributed by atoms with Gasteiger partial charge in [-0.2, -0.15) is 0 Å². The van der Waals surface area contributed by atoms with Crippen molar-refractivity contribution in [2.75, 3.05) is 15.5 Å². The smallest absolute Gasteiger partial charge is 0.325 e. The third-order valence-corrected chi connectivity index (χ3v) is 7.61. The number of fused-ring (bicyclic) bond motifs is 1. The Bertz CT molecular complexity index is 1600. The standard InChI is InChI=1S/C31H31FN6O3S/c1-31(2,33)28(40)35-25-13-11-21-17-22(32)12-14-26(21)38(27(25)39)18-19-7-9-20(10-8-19)23-5-3-4-6-24(23)36-29(41)37-30-34-15-16-42-30/h3-10,12,14-17,25H,11,13,18,33H2,1-2H3,(H,35,40)(H2,34,36,37,41)/t25-/m1/s1. The molecule has 1 aliphatic rings. The van der Waals surface area contributed by atoms with Gasteiger partial charge in [-0.05, 0) is 67.6 Å². The minimum atomic E-state index is -1.15. The molecule has 1 aromatic heterocycles. The maximum absolute atomic E-state index is 14.1. The molecule has 5 rings (SSSR count). The molecule has 0 bridgehead atoms. The van der Waals surface area contributed by atoms with Crippen LogP contribution in [0.3, 0.4) is 0 Å². The number of halogens is 1. The van der Waals surface area contributed by atoms with Crippen molar-refractivity contribution in [2.24, 2.45) is 5.73 Å². The molecule has 216 valence electrons. The van der Waals surface area contributed by atoms with Crippen molar-refractivity contribution in [3.8, 4) is 11.1 Å². The first-order chi connectivity index (χ1) is 20.1. The Balaban J connectivity index is 1.37. The number of nitrogens with two attached hydrogens (primary N) is 1. The molecule has 0 saturated carbocycles. The second kappa shape index (κ2) is 12.1. The summed E-state index contributed by atoms with van der Waals surface area (Å²) in [6.45, 7) is 3.37. The van der Waals surface area contributed by atoms with Crippen LogP contribution in [0.5, 0.6) is 0 Å². The van der Waals surface area contributed by atoms with E-state index in [0.717, 1.165) is 16.7 Å². The number of aryl methyl sites for hydroxylation is 1. The molecule has 3 aromatic carbocycles. The van der Waals surface area contributed by atoms with Gasteiger partial charge in [-0.25, -0.2) is 14.2 Å². The van der Waals surface area contributed by atoms with E-state index in [1.54, 1.807) is 36.4 Å². The first-order valence-corrected chi connectivity index (χ1v) is 14.3. The zero-order valence-corrected chi connectivity index (χ0v) is 24.0. The quantitative estimate of drug-likeness (QED) is 0.234. The lowest BCUT2D eigenvalue weighted by Crippen LogP contribution is -2.56. The predicted octanol–water partition coefficient (Wildman–Crippen LogP) is 5.29. The van der Waals surface area contributed by atoms with Crippen molar-refractivity contribution >= 4 is 45.7 Å².